The Labute approximate surface area is 142 Å². The third kappa shape index (κ3) is 1.97. The number of amides is 1. The number of hydrogen-bond donors (Lipinski definition) is 0. The lowest BCUT2D eigenvalue weighted by Crippen LogP contribution is -2.41. The van der Waals surface area contributed by atoms with Crippen molar-refractivity contribution in [1.29, 1.82) is 0 Å². The van der Waals surface area contributed by atoms with Gasteiger partial charge >= 0.3 is 0 Å². The number of carbonyl (C=O) groups excluding carboxylic acids is 1. The molecule has 1 heterocycles. The van der Waals surface area contributed by atoms with Crippen LogP contribution in [-0.4, -0.2) is 14.3 Å². The standard InChI is InChI=1S/C19H19NO3S/c1-14-8-10-15(11-9-14)24(22,23)20-17-7-3-2-6-16(17)19(18(20)21)12-4-5-13-19/h2-3,6-11H,4-5,12-13H2,1H3. The summed E-state index contributed by atoms with van der Waals surface area (Å²) in [6.07, 6.45) is 3.36. The minimum absolute atomic E-state index is 0.159. The molecule has 4 nitrogen and oxygen atoms in total. The Bertz CT molecular complexity index is 910. The summed E-state index contributed by atoms with van der Waals surface area (Å²) in [6, 6.07) is 14.0. The summed E-state index contributed by atoms with van der Waals surface area (Å²) in [4.78, 5) is 13.4. The molecule has 0 aromatic heterocycles. The average molecular weight is 341 g/mol. The van der Waals surface area contributed by atoms with Gasteiger partial charge in [0.25, 0.3) is 15.9 Å². The Balaban J connectivity index is 1.90. The summed E-state index contributed by atoms with van der Waals surface area (Å²) < 4.78 is 27.4. The lowest BCUT2D eigenvalue weighted by Gasteiger charge is -2.23. The van der Waals surface area contributed by atoms with Crippen molar-refractivity contribution in [2.24, 2.45) is 0 Å². The number of anilines is 1. The van der Waals surface area contributed by atoms with Gasteiger partial charge in [-0.15, -0.1) is 0 Å². The molecule has 0 saturated heterocycles. The summed E-state index contributed by atoms with van der Waals surface area (Å²) in [7, 11) is -3.90. The van der Waals surface area contributed by atoms with Crippen LogP contribution in [0.15, 0.2) is 53.4 Å². The lowest BCUT2D eigenvalue weighted by molar-refractivity contribution is -0.121. The van der Waals surface area contributed by atoms with Crippen LogP contribution in [0.4, 0.5) is 5.69 Å². The van der Waals surface area contributed by atoms with Gasteiger partial charge in [0.15, 0.2) is 0 Å². The van der Waals surface area contributed by atoms with Crippen LogP contribution >= 0.6 is 0 Å². The average Bonchev–Trinajstić information content (AvgIpc) is 3.14. The number of para-hydroxylation sites is 1. The second-order valence-electron chi connectivity index (χ2n) is 6.69. The Hall–Kier alpha value is -2.14. The predicted molar refractivity (Wildman–Crippen MR) is 92.4 cm³/mol. The van der Waals surface area contributed by atoms with Crippen molar-refractivity contribution < 1.29 is 13.2 Å². The van der Waals surface area contributed by atoms with E-state index in [1.807, 2.05) is 19.1 Å². The van der Waals surface area contributed by atoms with Gasteiger partial charge in [-0.05, 0) is 43.5 Å². The highest BCUT2D eigenvalue weighted by Gasteiger charge is 2.55. The first kappa shape index (κ1) is 15.4. The molecule has 0 bridgehead atoms. The summed E-state index contributed by atoms with van der Waals surface area (Å²) in [6.45, 7) is 1.90. The maximum atomic E-state index is 13.2. The molecular weight excluding hydrogens is 322 g/mol. The molecule has 4 rings (SSSR count). The highest BCUT2D eigenvalue weighted by molar-refractivity contribution is 7.93. The quantitative estimate of drug-likeness (QED) is 0.839. The first-order valence-electron chi connectivity index (χ1n) is 8.23. The van der Waals surface area contributed by atoms with Crippen LogP contribution in [0.25, 0.3) is 0 Å². The van der Waals surface area contributed by atoms with E-state index in [4.69, 9.17) is 0 Å². The Morgan fingerprint density at radius 1 is 0.958 bits per heavy atom. The maximum Gasteiger partial charge on any atom is 0.270 e. The topological polar surface area (TPSA) is 54.5 Å². The molecule has 1 spiro atoms. The molecule has 0 N–H and O–H groups in total. The molecule has 1 aliphatic carbocycles. The first-order chi connectivity index (χ1) is 11.5. The molecular formula is C19H19NO3S. The monoisotopic (exact) mass is 341 g/mol. The zero-order valence-corrected chi connectivity index (χ0v) is 14.3. The van der Waals surface area contributed by atoms with Crippen molar-refractivity contribution in [3.8, 4) is 0 Å². The summed E-state index contributed by atoms with van der Waals surface area (Å²) in [5, 5.41) is 0. The fourth-order valence-corrected chi connectivity index (χ4v) is 5.49. The zero-order valence-electron chi connectivity index (χ0n) is 13.5. The number of nitrogens with zero attached hydrogens (tertiary/aromatic N) is 1. The van der Waals surface area contributed by atoms with E-state index in [0.717, 1.165) is 41.1 Å². The van der Waals surface area contributed by atoms with Gasteiger partial charge < -0.3 is 0 Å². The second kappa shape index (κ2) is 5.18. The van der Waals surface area contributed by atoms with Crippen LogP contribution in [0.2, 0.25) is 0 Å². The molecule has 0 unspecified atom stereocenters. The van der Waals surface area contributed by atoms with Crippen molar-refractivity contribution in [3.05, 3.63) is 59.7 Å². The molecule has 1 amide bonds. The van der Waals surface area contributed by atoms with Gasteiger partial charge in [-0.2, -0.15) is 0 Å². The Morgan fingerprint density at radius 2 is 1.58 bits per heavy atom. The highest BCUT2D eigenvalue weighted by Crippen LogP contribution is 2.52. The molecule has 0 atom stereocenters. The molecule has 5 heteroatoms. The van der Waals surface area contributed by atoms with Crippen LogP contribution < -0.4 is 4.31 Å². The summed E-state index contributed by atoms with van der Waals surface area (Å²) in [5.41, 5.74) is 1.71. The Kier molecular flexibility index (Phi) is 3.32. The van der Waals surface area contributed by atoms with Gasteiger partial charge in [0, 0.05) is 0 Å². The molecule has 124 valence electrons. The number of hydrogen-bond acceptors (Lipinski definition) is 3. The molecule has 2 aromatic rings. The van der Waals surface area contributed by atoms with Crippen molar-refractivity contribution in [2.45, 2.75) is 42.9 Å². The molecule has 1 fully saturated rings. The number of benzene rings is 2. The van der Waals surface area contributed by atoms with Gasteiger partial charge in [-0.25, -0.2) is 12.7 Å². The molecule has 1 aliphatic heterocycles. The smallest absolute Gasteiger partial charge is 0.270 e. The van der Waals surface area contributed by atoms with E-state index in [1.54, 1.807) is 36.4 Å². The zero-order chi connectivity index (χ0) is 16.9. The van der Waals surface area contributed by atoms with Crippen molar-refractivity contribution in [2.75, 3.05) is 4.31 Å². The van der Waals surface area contributed by atoms with Gasteiger partial charge in [-0.3, -0.25) is 4.79 Å². The van der Waals surface area contributed by atoms with Crippen LogP contribution in [0.5, 0.6) is 0 Å². The van der Waals surface area contributed by atoms with Crippen LogP contribution in [0.3, 0.4) is 0 Å². The molecule has 2 aliphatic rings. The van der Waals surface area contributed by atoms with Crippen LogP contribution in [0.1, 0.15) is 36.8 Å². The molecule has 24 heavy (non-hydrogen) atoms. The Morgan fingerprint density at radius 3 is 2.25 bits per heavy atom. The van der Waals surface area contributed by atoms with E-state index in [1.165, 1.54) is 0 Å². The van der Waals surface area contributed by atoms with E-state index in [9.17, 15) is 13.2 Å². The fourth-order valence-electron chi connectivity index (χ4n) is 3.99. The first-order valence-corrected chi connectivity index (χ1v) is 9.67. The summed E-state index contributed by atoms with van der Waals surface area (Å²) in [5.74, 6) is -0.290. The van der Waals surface area contributed by atoms with E-state index in [0.29, 0.717) is 5.69 Å². The fraction of sp³-hybridized carbons (Fsp3) is 0.316. The molecule has 0 radical (unpaired) electrons. The lowest BCUT2D eigenvalue weighted by atomic mass is 9.80. The number of fused-ring (bicyclic) bond motifs is 2. The van der Waals surface area contributed by atoms with Crippen molar-refractivity contribution >= 4 is 21.6 Å². The van der Waals surface area contributed by atoms with Crippen molar-refractivity contribution in [3.63, 3.8) is 0 Å². The van der Waals surface area contributed by atoms with E-state index >= 15 is 0 Å². The SMILES string of the molecule is Cc1ccc(S(=O)(=O)N2C(=O)C3(CCCC3)c3ccccc32)cc1. The number of rotatable bonds is 2. The molecule has 2 aromatic carbocycles. The second-order valence-corrected chi connectivity index (χ2v) is 8.48. The minimum Gasteiger partial charge on any atom is -0.272 e. The largest absolute Gasteiger partial charge is 0.272 e. The van der Waals surface area contributed by atoms with Crippen LogP contribution in [-0.2, 0) is 20.2 Å². The number of sulfonamides is 1. The third-order valence-corrected chi connectivity index (χ3v) is 6.96. The third-order valence-electron chi connectivity index (χ3n) is 5.25. The van der Waals surface area contributed by atoms with Crippen molar-refractivity contribution in [1.82, 2.24) is 0 Å². The van der Waals surface area contributed by atoms with Gasteiger partial charge in [0.2, 0.25) is 0 Å². The van der Waals surface area contributed by atoms with Gasteiger partial charge in [0.1, 0.15) is 0 Å². The van der Waals surface area contributed by atoms with Crippen LogP contribution in [0, 0.1) is 6.92 Å². The van der Waals surface area contributed by atoms with E-state index < -0.39 is 15.4 Å². The van der Waals surface area contributed by atoms with Gasteiger partial charge in [-0.1, -0.05) is 48.7 Å². The normalized spacial score (nSPS) is 19.0. The van der Waals surface area contributed by atoms with Gasteiger partial charge in [0.05, 0.1) is 16.0 Å². The minimum atomic E-state index is -3.90. The molecule has 1 saturated carbocycles. The van der Waals surface area contributed by atoms with E-state index in [-0.39, 0.29) is 10.8 Å². The summed E-state index contributed by atoms with van der Waals surface area (Å²) >= 11 is 0. The van der Waals surface area contributed by atoms with E-state index in [2.05, 4.69) is 0 Å². The predicted octanol–water partition coefficient (Wildman–Crippen LogP) is 3.54. The number of carbonyl (C=O) groups is 1. The maximum absolute atomic E-state index is 13.2. The number of aryl methyl sites for hydroxylation is 1. The highest BCUT2D eigenvalue weighted by atomic mass is 32.2.